The van der Waals surface area contributed by atoms with Crippen LogP contribution >= 0.6 is 0 Å². The number of hydrogen-bond acceptors (Lipinski definition) is 3. The highest BCUT2D eigenvalue weighted by Gasteiger charge is 2.32. The van der Waals surface area contributed by atoms with Gasteiger partial charge in [-0.15, -0.1) is 0 Å². The van der Waals surface area contributed by atoms with Crippen LogP contribution in [0.2, 0.25) is 0 Å². The number of hydrogen-bond donors (Lipinski definition) is 2. The average molecular weight is 227 g/mol. The molecule has 0 aromatic heterocycles. The fraction of sp³-hybridized carbons (Fsp3) is 0.818. The van der Waals surface area contributed by atoms with Gasteiger partial charge in [-0.3, -0.25) is 9.59 Å². The van der Waals surface area contributed by atoms with Crippen molar-refractivity contribution in [2.45, 2.75) is 45.2 Å². The van der Waals surface area contributed by atoms with E-state index in [0.717, 1.165) is 13.0 Å². The number of rotatable bonds is 5. The molecule has 2 amide bonds. The largest absolute Gasteiger partial charge is 0.368 e. The zero-order valence-electron chi connectivity index (χ0n) is 10.0. The third kappa shape index (κ3) is 3.20. The fourth-order valence-electron chi connectivity index (χ4n) is 2.16. The molecule has 0 bridgehead atoms. The highest BCUT2D eigenvalue weighted by molar-refractivity contribution is 5.87. The van der Waals surface area contributed by atoms with E-state index < -0.39 is 0 Å². The van der Waals surface area contributed by atoms with Gasteiger partial charge in [0.1, 0.15) is 6.04 Å². The van der Waals surface area contributed by atoms with Gasteiger partial charge in [-0.1, -0.05) is 6.92 Å². The molecule has 1 rings (SSSR count). The normalized spacial score (nSPS) is 22.1. The van der Waals surface area contributed by atoms with Crippen molar-refractivity contribution in [1.82, 2.24) is 10.2 Å². The molecule has 1 fully saturated rings. The number of primary amides is 1. The Morgan fingerprint density at radius 2 is 2.25 bits per heavy atom. The van der Waals surface area contributed by atoms with Crippen LogP contribution in [0.1, 0.15) is 33.1 Å². The van der Waals surface area contributed by atoms with Gasteiger partial charge in [0.15, 0.2) is 0 Å². The standard InChI is InChI=1S/C11H21N3O2/c1-3-13-8(2)7-10(15)14-6-4-5-9(14)11(12)16/h8-9,13H,3-7H2,1-2H3,(H2,12,16). The second-order valence-electron chi connectivity index (χ2n) is 4.31. The van der Waals surface area contributed by atoms with E-state index in [0.29, 0.717) is 19.4 Å². The van der Waals surface area contributed by atoms with Crippen LogP contribution in [0.15, 0.2) is 0 Å². The molecule has 0 radical (unpaired) electrons. The molecule has 0 saturated carbocycles. The molecule has 3 N–H and O–H groups in total. The number of nitrogens with two attached hydrogens (primary N) is 1. The van der Waals surface area contributed by atoms with Crippen LogP contribution in [0.5, 0.6) is 0 Å². The second kappa shape index (κ2) is 5.84. The molecule has 1 aliphatic rings. The van der Waals surface area contributed by atoms with Crippen LogP contribution < -0.4 is 11.1 Å². The summed E-state index contributed by atoms with van der Waals surface area (Å²) in [6.45, 7) is 5.47. The lowest BCUT2D eigenvalue weighted by Crippen LogP contribution is -2.45. The molecule has 1 heterocycles. The van der Waals surface area contributed by atoms with Crippen LogP contribution in [0, 0.1) is 0 Å². The Labute approximate surface area is 96.4 Å². The minimum atomic E-state index is -0.388. The molecule has 1 aliphatic heterocycles. The predicted octanol–water partition coefficient (Wildman–Crippen LogP) is -0.149. The zero-order valence-corrected chi connectivity index (χ0v) is 10.0. The van der Waals surface area contributed by atoms with Gasteiger partial charge < -0.3 is 16.0 Å². The predicted molar refractivity (Wildman–Crippen MR) is 61.7 cm³/mol. The summed E-state index contributed by atoms with van der Waals surface area (Å²) in [4.78, 5) is 24.7. The average Bonchev–Trinajstić information content (AvgIpc) is 2.65. The maximum Gasteiger partial charge on any atom is 0.240 e. The summed E-state index contributed by atoms with van der Waals surface area (Å²) in [6.07, 6.45) is 2.00. The van der Waals surface area contributed by atoms with Crippen molar-refractivity contribution in [3.05, 3.63) is 0 Å². The first-order chi connectivity index (χ1) is 7.56. The van der Waals surface area contributed by atoms with E-state index in [9.17, 15) is 9.59 Å². The Hall–Kier alpha value is -1.10. The van der Waals surface area contributed by atoms with Gasteiger partial charge in [-0.05, 0) is 26.3 Å². The lowest BCUT2D eigenvalue weighted by Gasteiger charge is -2.24. The maximum absolute atomic E-state index is 11.9. The van der Waals surface area contributed by atoms with E-state index in [1.54, 1.807) is 4.90 Å². The van der Waals surface area contributed by atoms with Gasteiger partial charge in [-0.2, -0.15) is 0 Å². The lowest BCUT2D eigenvalue weighted by molar-refractivity contribution is -0.137. The number of likely N-dealkylation sites (tertiary alicyclic amines) is 1. The van der Waals surface area contributed by atoms with E-state index in [-0.39, 0.29) is 23.9 Å². The first kappa shape index (κ1) is 13.0. The summed E-state index contributed by atoms with van der Waals surface area (Å²) in [7, 11) is 0. The molecular formula is C11H21N3O2. The summed E-state index contributed by atoms with van der Waals surface area (Å²) >= 11 is 0. The lowest BCUT2D eigenvalue weighted by atomic mass is 10.2. The number of nitrogens with one attached hydrogen (secondary N) is 1. The van der Waals surface area contributed by atoms with Crippen molar-refractivity contribution in [1.29, 1.82) is 0 Å². The molecule has 5 nitrogen and oxygen atoms in total. The van der Waals surface area contributed by atoms with E-state index >= 15 is 0 Å². The molecule has 1 saturated heterocycles. The third-order valence-electron chi connectivity index (χ3n) is 2.93. The molecule has 5 heteroatoms. The van der Waals surface area contributed by atoms with E-state index in [4.69, 9.17) is 5.73 Å². The summed E-state index contributed by atoms with van der Waals surface area (Å²) in [5, 5.41) is 3.18. The van der Waals surface area contributed by atoms with Crippen LogP contribution in [0.4, 0.5) is 0 Å². The number of carbonyl (C=O) groups excluding carboxylic acids is 2. The minimum absolute atomic E-state index is 0.0229. The van der Waals surface area contributed by atoms with Gasteiger partial charge in [0.2, 0.25) is 11.8 Å². The first-order valence-electron chi connectivity index (χ1n) is 5.88. The van der Waals surface area contributed by atoms with Crippen molar-refractivity contribution >= 4 is 11.8 Å². The Morgan fingerprint density at radius 1 is 1.56 bits per heavy atom. The van der Waals surface area contributed by atoms with Crippen LogP contribution in [-0.2, 0) is 9.59 Å². The second-order valence-corrected chi connectivity index (χ2v) is 4.31. The van der Waals surface area contributed by atoms with Gasteiger partial charge in [0, 0.05) is 19.0 Å². The SMILES string of the molecule is CCNC(C)CC(=O)N1CCCC1C(N)=O. The molecule has 0 aliphatic carbocycles. The Balaban J connectivity index is 2.49. The first-order valence-corrected chi connectivity index (χ1v) is 5.88. The molecule has 0 aromatic rings. The van der Waals surface area contributed by atoms with Gasteiger partial charge >= 0.3 is 0 Å². The van der Waals surface area contributed by atoms with Crippen LogP contribution in [0.3, 0.4) is 0 Å². The quantitative estimate of drug-likeness (QED) is 0.686. The number of amides is 2. The molecule has 92 valence electrons. The molecular weight excluding hydrogens is 206 g/mol. The van der Waals surface area contributed by atoms with Gasteiger partial charge in [0.25, 0.3) is 0 Å². The van der Waals surface area contributed by atoms with Crippen molar-refractivity contribution in [2.75, 3.05) is 13.1 Å². The van der Waals surface area contributed by atoms with Gasteiger partial charge in [-0.25, -0.2) is 0 Å². The molecule has 2 atom stereocenters. The van der Waals surface area contributed by atoms with Crippen molar-refractivity contribution in [2.24, 2.45) is 5.73 Å². The zero-order chi connectivity index (χ0) is 12.1. The van der Waals surface area contributed by atoms with Gasteiger partial charge in [0.05, 0.1) is 0 Å². The van der Waals surface area contributed by atoms with E-state index in [1.165, 1.54) is 0 Å². The number of carbonyl (C=O) groups is 2. The third-order valence-corrected chi connectivity index (χ3v) is 2.93. The van der Waals surface area contributed by atoms with Crippen molar-refractivity contribution in [3.8, 4) is 0 Å². The highest BCUT2D eigenvalue weighted by atomic mass is 16.2. The fourth-order valence-corrected chi connectivity index (χ4v) is 2.16. The summed E-state index contributed by atoms with van der Waals surface area (Å²) in [5.41, 5.74) is 5.27. The van der Waals surface area contributed by atoms with Crippen LogP contribution in [-0.4, -0.2) is 41.9 Å². The topological polar surface area (TPSA) is 75.4 Å². The van der Waals surface area contributed by atoms with Crippen LogP contribution in [0.25, 0.3) is 0 Å². The minimum Gasteiger partial charge on any atom is -0.368 e. The van der Waals surface area contributed by atoms with Crippen molar-refractivity contribution in [3.63, 3.8) is 0 Å². The van der Waals surface area contributed by atoms with Crippen molar-refractivity contribution < 1.29 is 9.59 Å². The summed E-state index contributed by atoms with van der Waals surface area (Å²) in [5.74, 6) is -0.364. The highest BCUT2D eigenvalue weighted by Crippen LogP contribution is 2.18. The van der Waals surface area contributed by atoms with E-state index in [2.05, 4.69) is 5.32 Å². The Morgan fingerprint density at radius 3 is 2.81 bits per heavy atom. The molecule has 0 spiro atoms. The molecule has 2 unspecified atom stereocenters. The number of nitrogens with zero attached hydrogens (tertiary/aromatic N) is 1. The van der Waals surface area contributed by atoms with E-state index in [1.807, 2.05) is 13.8 Å². The smallest absolute Gasteiger partial charge is 0.240 e. The monoisotopic (exact) mass is 227 g/mol. The maximum atomic E-state index is 11.9. The Bertz CT molecular complexity index is 268. The summed E-state index contributed by atoms with van der Waals surface area (Å²) < 4.78 is 0. The Kier molecular flexibility index (Phi) is 4.73. The summed E-state index contributed by atoms with van der Waals surface area (Å²) in [6, 6.07) is -0.243. The molecule has 16 heavy (non-hydrogen) atoms. The molecule has 0 aromatic carbocycles.